The Morgan fingerprint density at radius 1 is 1.24 bits per heavy atom. The second kappa shape index (κ2) is 4.25. The van der Waals surface area contributed by atoms with Crippen LogP contribution in [0.2, 0.25) is 0 Å². The molecule has 0 radical (unpaired) electrons. The second-order valence-corrected chi connectivity index (χ2v) is 4.09. The first-order valence-corrected chi connectivity index (χ1v) is 5.75. The summed E-state index contributed by atoms with van der Waals surface area (Å²) < 4.78 is 5.36. The average molecular weight is 230 g/mol. The zero-order valence-corrected chi connectivity index (χ0v) is 9.76. The van der Waals surface area contributed by atoms with Crippen molar-refractivity contribution >= 4 is 16.7 Å². The van der Waals surface area contributed by atoms with Crippen molar-refractivity contribution in [1.29, 1.82) is 0 Å². The number of morpholine rings is 1. The van der Waals surface area contributed by atoms with Crippen molar-refractivity contribution in [2.24, 2.45) is 0 Å². The van der Waals surface area contributed by atoms with Crippen molar-refractivity contribution in [2.45, 2.75) is 6.92 Å². The SMILES string of the molecule is Cc1nc(N2CCOCC2)c2cnccc2n1. The molecular formula is C12H14N4O. The predicted octanol–water partition coefficient (Wildman–Crippen LogP) is 1.17. The van der Waals surface area contributed by atoms with Crippen molar-refractivity contribution in [3.8, 4) is 0 Å². The second-order valence-electron chi connectivity index (χ2n) is 4.09. The van der Waals surface area contributed by atoms with Gasteiger partial charge in [0.05, 0.1) is 24.1 Å². The number of fused-ring (bicyclic) bond motifs is 1. The lowest BCUT2D eigenvalue weighted by atomic mass is 10.2. The first kappa shape index (κ1) is 10.4. The minimum absolute atomic E-state index is 0.755. The monoisotopic (exact) mass is 230 g/mol. The summed E-state index contributed by atoms with van der Waals surface area (Å²) in [4.78, 5) is 15.4. The molecule has 5 nitrogen and oxygen atoms in total. The molecule has 1 fully saturated rings. The van der Waals surface area contributed by atoms with Crippen LogP contribution >= 0.6 is 0 Å². The highest BCUT2D eigenvalue weighted by Crippen LogP contribution is 2.23. The molecule has 0 aliphatic carbocycles. The highest BCUT2D eigenvalue weighted by molar-refractivity contribution is 5.88. The summed E-state index contributed by atoms with van der Waals surface area (Å²) in [6, 6.07) is 1.92. The molecule has 3 heterocycles. The third-order valence-electron chi connectivity index (χ3n) is 2.90. The molecule has 3 rings (SSSR count). The van der Waals surface area contributed by atoms with E-state index in [1.54, 1.807) is 6.20 Å². The largest absolute Gasteiger partial charge is 0.378 e. The van der Waals surface area contributed by atoms with Crippen LogP contribution in [-0.4, -0.2) is 41.3 Å². The minimum Gasteiger partial charge on any atom is -0.378 e. The average Bonchev–Trinajstić information content (AvgIpc) is 2.39. The number of ether oxygens (including phenoxy) is 1. The van der Waals surface area contributed by atoms with Crippen LogP contribution in [0.1, 0.15) is 5.82 Å². The molecule has 2 aromatic rings. The molecule has 0 unspecified atom stereocenters. The number of hydrogen-bond donors (Lipinski definition) is 0. The predicted molar refractivity (Wildman–Crippen MR) is 65.1 cm³/mol. The zero-order chi connectivity index (χ0) is 11.7. The van der Waals surface area contributed by atoms with Crippen LogP contribution in [0.15, 0.2) is 18.5 Å². The molecule has 0 bridgehead atoms. The van der Waals surface area contributed by atoms with Crippen LogP contribution in [-0.2, 0) is 4.74 Å². The molecule has 0 aromatic carbocycles. The Bertz CT molecular complexity index is 537. The van der Waals surface area contributed by atoms with Gasteiger partial charge in [-0.15, -0.1) is 0 Å². The zero-order valence-electron chi connectivity index (χ0n) is 9.76. The molecule has 2 aromatic heterocycles. The lowest BCUT2D eigenvalue weighted by Crippen LogP contribution is -2.37. The van der Waals surface area contributed by atoms with Crippen LogP contribution < -0.4 is 4.90 Å². The van der Waals surface area contributed by atoms with E-state index < -0.39 is 0 Å². The summed E-state index contributed by atoms with van der Waals surface area (Å²) in [6.45, 7) is 5.18. The van der Waals surface area contributed by atoms with Gasteiger partial charge in [0.1, 0.15) is 11.6 Å². The summed E-state index contributed by atoms with van der Waals surface area (Å²) >= 11 is 0. The maximum absolute atomic E-state index is 5.36. The Morgan fingerprint density at radius 2 is 2.06 bits per heavy atom. The van der Waals surface area contributed by atoms with E-state index in [9.17, 15) is 0 Å². The van der Waals surface area contributed by atoms with E-state index >= 15 is 0 Å². The summed E-state index contributed by atoms with van der Waals surface area (Å²) in [7, 11) is 0. The third kappa shape index (κ3) is 1.93. The first-order valence-electron chi connectivity index (χ1n) is 5.75. The van der Waals surface area contributed by atoms with E-state index in [0.29, 0.717) is 0 Å². The number of pyridine rings is 1. The van der Waals surface area contributed by atoms with Crippen LogP contribution in [0.4, 0.5) is 5.82 Å². The standard InChI is InChI=1S/C12H14N4O/c1-9-14-11-2-3-13-8-10(11)12(15-9)16-4-6-17-7-5-16/h2-3,8H,4-7H2,1H3. The summed E-state index contributed by atoms with van der Waals surface area (Å²) in [5, 5.41) is 1.01. The van der Waals surface area contributed by atoms with Crippen molar-refractivity contribution in [3.63, 3.8) is 0 Å². The van der Waals surface area contributed by atoms with Gasteiger partial charge in [-0.05, 0) is 13.0 Å². The maximum atomic E-state index is 5.36. The molecule has 0 atom stereocenters. The van der Waals surface area contributed by atoms with E-state index in [2.05, 4.69) is 19.9 Å². The van der Waals surface area contributed by atoms with Crippen LogP contribution in [0.3, 0.4) is 0 Å². The van der Waals surface area contributed by atoms with Gasteiger partial charge in [0.25, 0.3) is 0 Å². The quantitative estimate of drug-likeness (QED) is 0.736. The summed E-state index contributed by atoms with van der Waals surface area (Å²) in [5.41, 5.74) is 0.953. The Labute approximate surface area is 99.5 Å². The molecular weight excluding hydrogens is 216 g/mol. The topological polar surface area (TPSA) is 51.1 Å². The molecule has 1 aliphatic rings. The van der Waals surface area contributed by atoms with E-state index in [-0.39, 0.29) is 0 Å². The normalized spacial score (nSPS) is 16.4. The van der Waals surface area contributed by atoms with Gasteiger partial charge in [-0.2, -0.15) is 0 Å². The summed E-state index contributed by atoms with van der Waals surface area (Å²) in [6.07, 6.45) is 3.59. The van der Waals surface area contributed by atoms with Gasteiger partial charge in [0, 0.05) is 25.5 Å². The smallest absolute Gasteiger partial charge is 0.141 e. The Hall–Kier alpha value is -1.75. The van der Waals surface area contributed by atoms with E-state index in [1.807, 2.05) is 19.2 Å². The van der Waals surface area contributed by atoms with Crippen LogP contribution in [0.5, 0.6) is 0 Å². The molecule has 17 heavy (non-hydrogen) atoms. The fourth-order valence-corrected chi connectivity index (χ4v) is 2.09. The lowest BCUT2D eigenvalue weighted by molar-refractivity contribution is 0.122. The Morgan fingerprint density at radius 3 is 2.88 bits per heavy atom. The summed E-state index contributed by atoms with van der Waals surface area (Å²) in [5.74, 6) is 1.77. The highest BCUT2D eigenvalue weighted by atomic mass is 16.5. The van der Waals surface area contributed by atoms with Gasteiger partial charge in [0.2, 0.25) is 0 Å². The Balaban J connectivity index is 2.13. The maximum Gasteiger partial charge on any atom is 0.141 e. The van der Waals surface area contributed by atoms with Gasteiger partial charge in [-0.3, -0.25) is 4.98 Å². The number of aryl methyl sites for hydroxylation is 1. The molecule has 0 amide bonds. The number of rotatable bonds is 1. The number of nitrogens with zero attached hydrogens (tertiary/aromatic N) is 4. The molecule has 88 valence electrons. The molecule has 0 spiro atoms. The minimum atomic E-state index is 0.755. The van der Waals surface area contributed by atoms with Gasteiger partial charge in [-0.1, -0.05) is 0 Å². The van der Waals surface area contributed by atoms with E-state index in [4.69, 9.17) is 4.74 Å². The number of aromatic nitrogens is 3. The molecule has 1 aliphatic heterocycles. The fraction of sp³-hybridized carbons (Fsp3) is 0.417. The molecule has 0 N–H and O–H groups in total. The van der Waals surface area contributed by atoms with Gasteiger partial charge >= 0.3 is 0 Å². The number of hydrogen-bond acceptors (Lipinski definition) is 5. The van der Waals surface area contributed by atoms with Crippen molar-refractivity contribution < 1.29 is 4.74 Å². The van der Waals surface area contributed by atoms with Gasteiger partial charge < -0.3 is 9.64 Å². The third-order valence-corrected chi connectivity index (χ3v) is 2.90. The Kier molecular flexibility index (Phi) is 2.60. The number of anilines is 1. The van der Waals surface area contributed by atoms with Crippen LogP contribution in [0, 0.1) is 6.92 Å². The van der Waals surface area contributed by atoms with E-state index in [0.717, 1.165) is 48.8 Å². The van der Waals surface area contributed by atoms with E-state index in [1.165, 1.54) is 0 Å². The van der Waals surface area contributed by atoms with Crippen LogP contribution in [0.25, 0.3) is 10.9 Å². The van der Waals surface area contributed by atoms with Crippen molar-refractivity contribution in [3.05, 3.63) is 24.3 Å². The first-order chi connectivity index (χ1) is 8.34. The van der Waals surface area contributed by atoms with Crippen molar-refractivity contribution in [1.82, 2.24) is 15.0 Å². The van der Waals surface area contributed by atoms with Crippen molar-refractivity contribution in [2.75, 3.05) is 31.2 Å². The van der Waals surface area contributed by atoms with Gasteiger partial charge in [-0.25, -0.2) is 9.97 Å². The molecule has 0 saturated carbocycles. The fourth-order valence-electron chi connectivity index (χ4n) is 2.09. The molecule has 1 saturated heterocycles. The molecule has 5 heteroatoms. The lowest BCUT2D eigenvalue weighted by Gasteiger charge is -2.28. The highest BCUT2D eigenvalue weighted by Gasteiger charge is 2.16. The van der Waals surface area contributed by atoms with Gasteiger partial charge in [0.15, 0.2) is 0 Å².